The average molecular weight is 424 g/mol. The summed E-state index contributed by atoms with van der Waals surface area (Å²) < 4.78 is 26.3. The minimum Gasteiger partial charge on any atom is -0.357 e. The molecule has 1 atom stereocenters. The summed E-state index contributed by atoms with van der Waals surface area (Å²) in [5.41, 5.74) is 0.695. The Kier molecular flexibility index (Phi) is 9.39. The third kappa shape index (κ3) is 6.97. The average Bonchev–Trinajstić information content (AvgIpc) is 2.70. The molecular weight excluding hydrogens is 386 g/mol. The van der Waals surface area contributed by atoms with Gasteiger partial charge in [-0.1, -0.05) is 24.6 Å². The third-order valence-electron chi connectivity index (χ3n) is 5.34. The molecule has 2 N–H and O–H groups in total. The molecule has 0 radical (unpaired) electrons. The maximum absolute atomic E-state index is 12.6. The van der Waals surface area contributed by atoms with Crippen molar-refractivity contribution in [2.45, 2.75) is 57.0 Å². The van der Waals surface area contributed by atoms with Crippen LogP contribution in [0.5, 0.6) is 0 Å². The number of sulfonamides is 1. The van der Waals surface area contributed by atoms with E-state index in [1.165, 1.54) is 30.1 Å². The van der Waals surface area contributed by atoms with Crippen LogP contribution in [0.2, 0.25) is 0 Å². The molecule has 1 fully saturated rings. The van der Waals surface area contributed by atoms with Gasteiger partial charge >= 0.3 is 0 Å². The fraction of sp³-hybridized carbons (Fsp3) is 0.667. The number of hydrogen-bond donors (Lipinski definition) is 2. The van der Waals surface area contributed by atoms with Gasteiger partial charge < -0.3 is 15.5 Å². The molecule has 1 aliphatic rings. The van der Waals surface area contributed by atoms with E-state index in [1.807, 2.05) is 19.1 Å². The number of benzene rings is 1. The van der Waals surface area contributed by atoms with E-state index in [0.717, 1.165) is 32.0 Å². The molecule has 1 aliphatic heterocycles. The Bertz CT molecular complexity index is 764. The summed E-state index contributed by atoms with van der Waals surface area (Å²) in [4.78, 5) is 7.49. The molecule has 1 unspecified atom stereocenters. The maximum atomic E-state index is 12.6. The molecule has 0 saturated carbocycles. The van der Waals surface area contributed by atoms with Crippen LogP contribution in [0.4, 0.5) is 0 Å². The Morgan fingerprint density at radius 1 is 1.24 bits per heavy atom. The Morgan fingerprint density at radius 3 is 2.69 bits per heavy atom. The number of likely N-dealkylation sites (tertiary alicyclic amines) is 1. The Labute approximate surface area is 176 Å². The zero-order valence-corrected chi connectivity index (χ0v) is 19.1. The first-order valence-electron chi connectivity index (χ1n) is 10.6. The number of rotatable bonds is 9. The van der Waals surface area contributed by atoms with Crippen molar-refractivity contribution >= 4 is 16.0 Å². The second kappa shape index (κ2) is 11.5. The number of piperidine rings is 1. The Morgan fingerprint density at radius 2 is 2.00 bits per heavy atom. The topological polar surface area (TPSA) is 77.0 Å². The summed E-state index contributed by atoms with van der Waals surface area (Å²) >= 11 is 0. The number of nitrogens with zero attached hydrogens (tertiary/aromatic N) is 3. The number of nitrogens with one attached hydrogen (secondary N) is 2. The molecule has 0 aromatic heterocycles. The van der Waals surface area contributed by atoms with Gasteiger partial charge in [-0.25, -0.2) is 17.7 Å². The fourth-order valence-electron chi connectivity index (χ4n) is 3.57. The Hall–Kier alpha value is -1.64. The van der Waals surface area contributed by atoms with Gasteiger partial charge in [-0.2, -0.15) is 0 Å². The standard InChI is InChI=1S/C21H37N5O2S/c1-5-22-21(23-14-10-16-26-15-9-8-11-18(26)2)24-17-19-12-6-7-13-20(19)29(27,28)25(3)4/h6-7,12-13,18H,5,8-11,14-17H2,1-4H3,(H2,22,23,24). The SMILES string of the molecule is CCNC(=NCc1ccccc1S(=O)(=O)N(C)C)NCCCN1CCCCC1C. The molecule has 0 spiro atoms. The molecule has 1 aromatic carbocycles. The maximum Gasteiger partial charge on any atom is 0.242 e. The summed E-state index contributed by atoms with van der Waals surface area (Å²) in [6.07, 6.45) is 5.00. The largest absolute Gasteiger partial charge is 0.357 e. The van der Waals surface area contributed by atoms with Gasteiger partial charge in [-0.05, 0) is 51.3 Å². The minimum atomic E-state index is -3.49. The highest BCUT2D eigenvalue weighted by Gasteiger charge is 2.20. The van der Waals surface area contributed by atoms with E-state index >= 15 is 0 Å². The second-order valence-corrected chi connectivity index (χ2v) is 9.87. The smallest absolute Gasteiger partial charge is 0.242 e. The van der Waals surface area contributed by atoms with E-state index in [4.69, 9.17) is 0 Å². The van der Waals surface area contributed by atoms with E-state index in [2.05, 4.69) is 27.4 Å². The summed E-state index contributed by atoms with van der Waals surface area (Å²) in [5.74, 6) is 0.719. The lowest BCUT2D eigenvalue weighted by molar-refractivity contribution is 0.159. The van der Waals surface area contributed by atoms with Crippen molar-refractivity contribution in [2.75, 3.05) is 40.3 Å². The molecular formula is C21H37N5O2S. The predicted molar refractivity (Wildman–Crippen MR) is 120 cm³/mol. The first kappa shape index (κ1) is 23.6. The molecule has 0 aliphatic carbocycles. The lowest BCUT2D eigenvalue weighted by Crippen LogP contribution is -2.41. The summed E-state index contributed by atoms with van der Waals surface area (Å²) in [6, 6.07) is 7.73. The van der Waals surface area contributed by atoms with E-state index in [1.54, 1.807) is 26.2 Å². The molecule has 0 amide bonds. The molecule has 2 rings (SSSR count). The van der Waals surface area contributed by atoms with Crippen molar-refractivity contribution in [1.82, 2.24) is 19.8 Å². The molecule has 7 nitrogen and oxygen atoms in total. The van der Waals surface area contributed by atoms with Gasteiger partial charge in [0, 0.05) is 39.8 Å². The van der Waals surface area contributed by atoms with Crippen molar-refractivity contribution in [3.8, 4) is 0 Å². The highest BCUT2D eigenvalue weighted by molar-refractivity contribution is 7.89. The van der Waals surface area contributed by atoms with E-state index in [-0.39, 0.29) is 0 Å². The molecule has 1 heterocycles. The summed E-state index contributed by atoms with van der Waals surface area (Å²) in [5, 5.41) is 6.63. The number of guanidine groups is 1. The lowest BCUT2D eigenvalue weighted by Gasteiger charge is -2.33. The molecule has 8 heteroatoms. The van der Waals surface area contributed by atoms with Crippen LogP contribution < -0.4 is 10.6 Å². The zero-order chi connectivity index (χ0) is 21.3. The molecule has 29 heavy (non-hydrogen) atoms. The highest BCUT2D eigenvalue weighted by Crippen LogP contribution is 2.19. The quantitative estimate of drug-likeness (QED) is 0.362. The molecule has 164 valence electrons. The van der Waals surface area contributed by atoms with Gasteiger partial charge in [0.15, 0.2) is 5.96 Å². The van der Waals surface area contributed by atoms with Crippen molar-refractivity contribution < 1.29 is 8.42 Å². The summed E-state index contributed by atoms with van der Waals surface area (Å²) in [6.45, 7) is 8.54. The first-order valence-corrected chi connectivity index (χ1v) is 12.1. The number of hydrogen-bond acceptors (Lipinski definition) is 4. The zero-order valence-electron chi connectivity index (χ0n) is 18.3. The van der Waals surface area contributed by atoms with Gasteiger partial charge in [0.2, 0.25) is 10.0 Å². The van der Waals surface area contributed by atoms with Crippen molar-refractivity contribution in [1.29, 1.82) is 0 Å². The minimum absolute atomic E-state index is 0.307. The summed E-state index contributed by atoms with van der Waals surface area (Å²) in [7, 11) is -0.397. The Balaban J connectivity index is 1.95. The van der Waals surface area contributed by atoms with Crippen LogP contribution in [-0.4, -0.2) is 69.9 Å². The van der Waals surface area contributed by atoms with Crippen LogP contribution in [0.25, 0.3) is 0 Å². The predicted octanol–water partition coefficient (Wildman–Crippen LogP) is 2.26. The molecule has 1 aromatic rings. The van der Waals surface area contributed by atoms with Gasteiger partial charge in [0.05, 0.1) is 11.4 Å². The van der Waals surface area contributed by atoms with Crippen LogP contribution in [0.15, 0.2) is 34.2 Å². The van der Waals surface area contributed by atoms with Crippen molar-refractivity contribution in [3.63, 3.8) is 0 Å². The fourth-order valence-corrected chi connectivity index (χ4v) is 4.68. The second-order valence-electron chi connectivity index (χ2n) is 7.75. The normalized spacial score (nSPS) is 18.8. The van der Waals surface area contributed by atoms with Crippen LogP contribution in [0.1, 0.15) is 45.1 Å². The van der Waals surface area contributed by atoms with Crippen molar-refractivity contribution in [2.24, 2.45) is 4.99 Å². The van der Waals surface area contributed by atoms with Gasteiger partial charge in [0.1, 0.15) is 0 Å². The van der Waals surface area contributed by atoms with Crippen LogP contribution in [0.3, 0.4) is 0 Å². The van der Waals surface area contributed by atoms with E-state index in [0.29, 0.717) is 23.0 Å². The monoisotopic (exact) mass is 423 g/mol. The highest BCUT2D eigenvalue weighted by atomic mass is 32.2. The molecule has 0 bridgehead atoms. The van der Waals surface area contributed by atoms with Gasteiger partial charge in [0.25, 0.3) is 0 Å². The van der Waals surface area contributed by atoms with Gasteiger partial charge in [-0.3, -0.25) is 0 Å². The van der Waals surface area contributed by atoms with Crippen LogP contribution in [-0.2, 0) is 16.6 Å². The molecule has 1 saturated heterocycles. The third-order valence-corrected chi connectivity index (χ3v) is 7.25. The van der Waals surface area contributed by atoms with Gasteiger partial charge in [-0.15, -0.1) is 0 Å². The van der Waals surface area contributed by atoms with Crippen molar-refractivity contribution in [3.05, 3.63) is 29.8 Å². The first-order chi connectivity index (χ1) is 13.9. The van der Waals surface area contributed by atoms with E-state index in [9.17, 15) is 8.42 Å². The number of aliphatic imine (C=N–C) groups is 1. The van der Waals surface area contributed by atoms with E-state index < -0.39 is 10.0 Å². The van der Waals surface area contributed by atoms with Crippen LogP contribution >= 0.6 is 0 Å². The van der Waals surface area contributed by atoms with Crippen LogP contribution in [0, 0.1) is 0 Å². The lowest BCUT2D eigenvalue weighted by atomic mass is 10.0.